The maximum absolute atomic E-state index is 12.2. The van der Waals surface area contributed by atoms with Gasteiger partial charge in [0.1, 0.15) is 5.75 Å². The Bertz CT molecular complexity index is 519. The van der Waals surface area contributed by atoms with Gasteiger partial charge in [-0.25, -0.2) is 5.84 Å². The van der Waals surface area contributed by atoms with Crippen molar-refractivity contribution < 1.29 is 9.53 Å². The predicted molar refractivity (Wildman–Crippen MR) is 75.1 cm³/mol. The summed E-state index contributed by atoms with van der Waals surface area (Å²) in [5.41, 5.74) is 6.20. The molecule has 4 nitrogen and oxygen atoms in total. The predicted octanol–water partition coefficient (Wildman–Crippen LogP) is 2.03. The molecule has 0 aliphatic heterocycles. The Morgan fingerprint density at radius 3 is 2.37 bits per heavy atom. The monoisotopic (exact) mass is 262 g/mol. The molecular weight excluding hydrogens is 240 g/mol. The summed E-state index contributed by atoms with van der Waals surface area (Å²) < 4.78 is 5.59. The van der Waals surface area contributed by atoms with E-state index in [1.807, 2.05) is 13.8 Å². The molecule has 1 aromatic carbocycles. The maximum atomic E-state index is 12.2. The Balaban J connectivity index is 2.67. The Morgan fingerprint density at radius 2 is 1.95 bits per heavy atom. The number of hydrogen-bond acceptors (Lipinski definition) is 3. The third-order valence-electron chi connectivity index (χ3n) is 4.44. The molecule has 4 heteroatoms. The summed E-state index contributed by atoms with van der Waals surface area (Å²) in [5, 5.41) is 0. The highest BCUT2D eigenvalue weighted by atomic mass is 16.5. The van der Waals surface area contributed by atoms with E-state index >= 15 is 0 Å². The van der Waals surface area contributed by atoms with Crippen molar-refractivity contribution in [2.75, 3.05) is 7.11 Å². The Hall–Kier alpha value is -1.55. The van der Waals surface area contributed by atoms with E-state index in [-0.39, 0.29) is 5.91 Å². The second-order valence-corrected chi connectivity index (χ2v) is 5.45. The normalized spacial score (nSPS) is 16.7. The molecule has 0 heterocycles. The number of ether oxygens (including phenoxy) is 1. The molecular formula is C15H22N2O2. The lowest BCUT2D eigenvalue weighted by Crippen LogP contribution is -2.52. The number of aryl methyl sites for hydroxylation is 2. The van der Waals surface area contributed by atoms with Crippen molar-refractivity contribution in [3.8, 4) is 5.75 Å². The van der Waals surface area contributed by atoms with Crippen molar-refractivity contribution in [2.24, 2.45) is 5.84 Å². The number of methoxy groups -OCH3 is 1. The Kier molecular flexibility index (Phi) is 3.54. The first-order chi connectivity index (χ1) is 8.97. The fraction of sp³-hybridized carbons (Fsp3) is 0.533. The minimum absolute atomic E-state index is 0.108. The Labute approximate surface area is 114 Å². The van der Waals surface area contributed by atoms with E-state index < -0.39 is 5.41 Å². The topological polar surface area (TPSA) is 64.3 Å². The fourth-order valence-electron chi connectivity index (χ4n) is 3.16. The number of hydrazine groups is 1. The van der Waals surface area contributed by atoms with Crippen LogP contribution in [0.4, 0.5) is 0 Å². The maximum Gasteiger partial charge on any atom is 0.244 e. The quantitative estimate of drug-likeness (QED) is 0.497. The number of benzene rings is 1. The van der Waals surface area contributed by atoms with Crippen LogP contribution in [0.2, 0.25) is 0 Å². The molecule has 1 fully saturated rings. The third kappa shape index (κ3) is 1.91. The zero-order valence-electron chi connectivity index (χ0n) is 12.1. The van der Waals surface area contributed by atoms with Gasteiger partial charge in [0.15, 0.2) is 0 Å². The first-order valence-corrected chi connectivity index (χ1v) is 6.64. The van der Waals surface area contributed by atoms with Crippen LogP contribution in [0.1, 0.15) is 41.5 Å². The molecule has 1 aliphatic rings. The molecule has 0 bridgehead atoms. The molecule has 1 saturated carbocycles. The zero-order valence-corrected chi connectivity index (χ0v) is 12.1. The van der Waals surface area contributed by atoms with Crippen LogP contribution in [0.5, 0.6) is 5.75 Å². The van der Waals surface area contributed by atoms with Crippen molar-refractivity contribution >= 4 is 5.91 Å². The lowest BCUT2D eigenvalue weighted by molar-refractivity contribution is -0.130. The molecule has 1 amide bonds. The van der Waals surface area contributed by atoms with E-state index in [0.717, 1.165) is 41.7 Å². The van der Waals surface area contributed by atoms with E-state index in [9.17, 15) is 4.79 Å². The molecule has 0 atom stereocenters. The summed E-state index contributed by atoms with van der Waals surface area (Å²) in [6, 6.07) is 2.12. The smallest absolute Gasteiger partial charge is 0.244 e. The summed E-state index contributed by atoms with van der Waals surface area (Å²) in [6.45, 7) is 6.13. The van der Waals surface area contributed by atoms with E-state index in [2.05, 4.69) is 18.4 Å². The van der Waals surface area contributed by atoms with E-state index in [0.29, 0.717) is 0 Å². The van der Waals surface area contributed by atoms with Crippen LogP contribution in [0.15, 0.2) is 6.07 Å². The zero-order chi connectivity index (χ0) is 14.2. The van der Waals surface area contributed by atoms with Crippen LogP contribution in [-0.4, -0.2) is 13.0 Å². The second-order valence-electron chi connectivity index (χ2n) is 5.45. The summed E-state index contributed by atoms with van der Waals surface area (Å²) in [6.07, 6.45) is 2.70. The summed E-state index contributed by atoms with van der Waals surface area (Å²) >= 11 is 0. The SMILES string of the molecule is COc1c(C)c(C)cc(C)c1C1(C(=O)NN)CCC1. The number of carbonyl (C=O) groups excluding carboxylic acids is 1. The molecule has 0 radical (unpaired) electrons. The van der Waals surface area contributed by atoms with Crippen LogP contribution >= 0.6 is 0 Å². The van der Waals surface area contributed by atoms with Crippen LogP contribution in [0.25, 0.3) is 0 Å². The number of carbonyl (C=O) groups is 1. The fourth-order valence-corrected chi connectivity index (χ4v) is 3.16. The number of nitrogens with one attached hydrogen (secondary N) is 1. The minimum atomic E-state index is -0.511. The standard InChI is InChI=1S/C15H22N2O2/c1-9-8-10(2)12(13(19-4)11(9)3)15(6-5-7-15)14(18)17-16/h8H,5-7,16H2,1-4H3,(H,17,18). The molecule has 0 aromatic heterocycles. The van der Waals surface area contributed by atoms with Crippen molar-refractivity contribution in [3.05, 3.63) is 28.3 Å². The van der Waals surface area contributed by atoms with E-state index in [1.54, 1.807) is 7.11 Å². The molecule has 0 spiro atoms. The van der Waals surface area contributed by atoms with Crippen LogP contribution < -0.4 is 16.0 Å². The molecule has 1 aliphatic carbocycles. The van der Waals surface area contributed by atoms with Gasteiger partial charge in [0.2, 0.25) is 5.91 Å². The van der Waals surface area contributed by atoms with Crippen LogP contribution in [0, 0.1) is 20.8 Å². The van der Waals surface area contributed by atoms with Gasteiger partial charge in [-0.2, -0.15) is 0 Å². The average molecular weight is 262 g/mol. The third-order valence-corrected chi connectivity index (χ3v) is 4.44. The average Bonchev–Trinajstić information content (AvgIpc) is 2.34. The minimum Gasteiger partial charge on any atom is -0.496 e. The molecule has 0 unspecified atom stereocenters. The van der Waals surface area contributed by atoms with Gasteiger partial charge in [-0.05, 0) is 50.3 Å². The number of hydrogen-bond donors (Lipinski definition) is 2. The lowest BCUT2D eigenvalue weighted by atomic mass is 9.62. The first-order valence-electron chi connectivity index (χ1n) is 6.64. The number of rotatable bonds is 3. The molecule has 2 rings (SSSR count). The van der Waals surface area contributed by atoms with Gasteiger partial charge < -0.3 is 4.74 Å². The molecule has 1 aromatic rings. The number of nitrogens with two attached hydrogens (primary N) is 1. The van der Waals surface area contributed by atoms with Crippen LogP contribution in [-0.2, 0) is 10.2 Å². The van der Waals surface area contributed by atoms with Gasteiger partial charge in [0.25, 0.3) is 0 Å². The second kappa shape index (κ2) is 4.85. The Morgan fingerprint density at radius 1 is 1.32 bits per heavy atom. The van der Waals surface area contributed by atoms with Crippen molar-refractivity contribution in [1.29, 1.82) is 0 Å². The highest BCUT2D eigenvalue weighted by Gasteiger charge is 2.48. The van der Waals surface area contributed by atoms with Gasteiger partial charge in [-0.15, -0.1) is 0 Å². The number of amides is 1. The summed E-state index contributed by atoms with van der Waals surface area (Å²) in [4.78, 5) is 12.2. The van der Waals surface area contributed by atoms with Crippen molar-refractivity contribution in [2.45, 2.75) is 45.4 Å². The van der Waals surface area contributed by atoms with Gasteiger partial charge in [0.05, 0.1) is 12.5 Å². The van der Waals surface area contributed by atoms with Crippen molar-refractivity contribution in [1.82, 2.24) is 5.43 Å². The first kappa shape index (κ1) is 13.9. The van der Waals surface area contributed by atoms with Crippen LogP contribution in [0.3, 0.4) is 0 Å². The van der Waals surface area contributed by atoms with Crippen molar-refractivity contribution in [3.63, 3.8) is 0 Å². The summed E-state index contributed by atoms with van der Waals surface area (Å²) in [5.74, 6) is 6.10. The summed E-state index contributed by atoms with van der Waals surface area (Å²) in [7, 11) is 1.66. The lowest BCUT2D eigenvalue weighted by Gasteiger charge is -2.42. The van der Waals surface area contributed by atoms with E-state index in [4.69, 9.17) is 10.6 Å². The molecule has 0 saturated heterocycles. The van der Waals surface area contributed by atoms with E-state index in [1.165, 1.54) is 5.56 Å². The molecule has 104 valence electrons. The van der Waals surface area contributed by atoms with Gasteiger partial charge in [-0.1, -0.05) is 12.5 Å². The molecule has 19 heavy (non-hydrogen) atoms. The van der Waals surface area contributed by atoms with Gasteiger partial charge >= 0.3 is 0 Å². The largest absolute Gasteiger partial charge is 0.496 e. The highest BCUT2D eigenvalue weighted by molar-refractivity contribution is 5.90. The highest BCUT2D eigenvalue weighted by Crippen LogP contribution is 2.49. The molecule has 3 N–H and O–H groups in total. The van der Waals surface area contributed by atoms with Gasteiger partial charge in [-0.3, -0.25) is 10.2 Å². The van der Waals surface area contributed by atoms with Gasteiger partial charge in [0, 0.05) is 5.56 Å².